The molecule has 6 nitrogen and oxygen atoms in total. The van der Waals surface area contributed by atoms with Gasteiger partial charge in [-0.05, 0) is 5.41 Å². The van der Waals surface area contributed by atoms with Crippen LogP contribution in [0.15, 0.2) is 24.5 Å². The summed E-state index contributed by atoms with van der Waals surface area (Å²) in [5, 5.41) is 13.8. The zero-order valence-electron chi connectivity index (χ0n) is 12.6. The fourth-order valence-electron chi connectivity index (χ4n) is 2.43. The van der Waals surface area contributed by atoms with Gasteiger partial charge in [-0.15, -0.1) is 0 Å². The molecule has 1 aliphatic rings. The van der Waals surface area contributed by atoms with Gasteiger partial charge in [-0.1, -0.05) is 20.8 Å². The predicted molar refractivity (Wildman–Crippen MR) is 77.3 cm³/mol. The molecule has 1 N–H and O–H groups in total. The van der Waals surface area contributed by atoms with Crippen molar-refractivity contribution in [3.8, 4) is 0 Å². The summed E-state index contributed by atoms with van der Waals surface area (Å²) in [5.41, 5.74) is 0.458. The standard InChI is InChI=1S/C15H21N3O3/c1-15(2,3)10-17-9-12(8-13(17)19)16-14(20)11-4-6-18(21)7-5-11/h4-7,12H,8-10H2,1-3H3,(H,16,20)/t12-/m1/s1. The monoisotopic (exact) mass is 291 g/mol. The number of rotatable bonds is 3. The number of hydrogen-bond donors (Lipinski definition) is 1. The maximum absolute atomic E-state index is 12.1. The van der Waals surface area contributed by atoms with Gasteiger partial charge < -0.3 is 15.4 Å². The molecule has 0 unspecified atom stereocenters. The molecule has 1 fully saturated rings. The summed E-state index contributed by atoms with van der Waals surface area (Å²) in [6.45, 7) is 7.45. The van der Waals surface area contributed by atoms with E-state index < -0.39 is 0 Å². The van der Waals surface area contributed by atoms with Crippen molar-refractivity contribution in [3.63, 3.8) is 0 Å². The maximum Gasteiger partial charge on any atom is 0.252 e. The summed E-state index contributed by atoms with van der Waals surface area (Å²) in [6, 6.07) is 2.75. The number of hydrogen-bond acceptors (Lipinski definition) is 3. The van der Waals surface area contributed by atoms with Gasteiger partial charge in [-0.2, -0.15) is 4.73 Å². The SMILES string of the molecule is CC(C)(C)CN1C[C@H](NC(=O)c2cc[n+]([O-])cc2)CC1=O. The second kappa shape index (κ2) is 5.71. The first-order chi connectivity index (χ1) is 9.74. The molecule has 0 spiro atoms. The highest BCUT2D eigenvalue weighted by Crippen LogP contribution is 2.20. The average Bonchev–Trinajstić information content (AvgIpc) is 2.68. The Labute approximate surface area is 124 Å². The van der Waals surface area contributed by atoms with Gasteiger partial charge in [0.2, 0.25) is 5.91 Å². The lowest BCUT2D eigenvalue weighted by Gasteiger charge is -2.26. The number of pyridine rings is 1. The lowest BCUT2D eigenvalue weighted by molar-refractivity contribution is -0.605. The van der Waals surface area contributed by atoms with Gasteiger partial charge in [0, 0.05) is 31.6 Å². The minimum atomic E-state index is -0.258. The molecule has 0 bridgehead atoms. The van der Waals surface area contributed by atoms with Crippen LogP contribution < -0.4 is 10.0 Å². The van der Waals surface area contributed by atoms with Crippen LogP contribution in [0.2, 0.25) is 0 Å². The number of nitrogens with one attached hydrogen (secondary N) is 1. The van der Waals surface area contributed by atoms with Gasteiger partial charge >= 0.3 is 0 Å². The third kappa shape index (κ3) is 4.18. The van der Waals surface area contributed by atoms with Crippen LogP contribution in [-0.4, -0.2) is 35.8 Å². The van der Waals surface area contributed by atoms with E-state index in [0.717, 1.165) is 0 Å². The van der Waals surface area contributed by atoms with E-state index in [4.69, 9.17) is 0 Å². The summed E-state index contributed by atoms with van der Waals surface area (Å²) >= 11 is 0. The van der Waals surface area contributed by atoms with Crippen molar-refractivity contribution in [2.45, 2.75) is 33.2 Å². The van der Waals surface area contributed by atoms with Crippen LogP contribution >= 0.6 is 0 Å². The van der Waals surface area contributed by atoms with Crippen LogP contribution in [-0.2, 0) is 4.79 Å². The van der Waals surface area contributed by atoms with Crippen LogP contribution in [0.3, 0.4) is 0 Å². The number of carbonyl (C=O) groups is 2. The fraction of sp³-hybridized carbons (Fsp3) is 0.533. The van der Waals surface area contributed by atoms with Gasteiger partial charge in [0.15, 0.2) is 12.4 Å². The van der Waals surface area contributed by atoms with Crippen molar-refractivity contribution in [2.75, 3.05) is 13.1 Å². The topological polar surface area (TPSA) is 76.3 Å². The molecule has 1 aliphatic heterocycles. The van der Waals surface area contributed by atoms with Crippen molar-refractivity contribution >= 4 is 11.8 Å². The summed E-state index contributed by atoms with van der Waals surface area (Å²) in [7, 11) is 0. The molecule has 0 radical (unpaired) electrons. The van der Waals surface area contributed by atoms with E-state index in [1.807, 2.05) is 0 Å². The van der Waals surface area contributed by atoms with E-state index in [2.05, 4.69) is 26.1 Å². The van der Waals surface area contributed by atoms with Crippen molar-refractivity contribution in [2.24, 2.45) is 5.41 Å². The molecule has 2 heterocycles. The molecule has 2 amide bonds. The molecule has 21 heavy (non-hydrogen) atoms. The molecule has 0 aromatic carbocycles. The highest BCUT2D eigenvalue weighted by molar-refractivity contribution is 5.94. The summed E-state index contributed by atoms with van der Waals surface area (Å²) in [5.74, 6) is -0.188. The maximum atomic E-state index is 12.1. The van der Waals surface area contributed by atoms with Gasteiger partial charge in [0.05, 0.1) is 11.6 Å². The molecule has 0 saturated carbocycles. The smallest absolute Gasteiger partial charge is 0.252 e. The second-order valence-corrected chi connectivity index (χ2v) is 6.66. The van der Waals surface area contributed by atoms with Crippen molar-refractivity contribution in [3.05, 3.63) is 35.3 Å². The van der Waals surface area contributed by atoms with Crippen molar-refractivity contribution in [1.82, 2.24) is 10.2 Å². The van der Waals surface area contributed by atoms with Crippen LogP contribution in [0.5, 0.6) is 0 Å². The minimum absolute atomic E-state index is 0.0374. The van der Waals surface area contributed by atoms with E-state index in [1.165, 1.54) is 24.5 Å². The third-order valence-electron chi connectivity index (χ3n) is 3.28. The molecule has 1 saturated heterocycles. The summed E-state index contributed by atoms with van der Waals surface area (Å²) in [4.78, 5) is 25.8. The summed E-state index contributed by atoms with van der Waals surface area (Å²) in [6.07, 6.45) is 2.89. The Balaban J connectivity index is 1.94. The highest BCUT2D eigenvalue weighted by atomic mass is 16.5. The number of nitrogens with zero attached hydrogens (tertiary/aromatic N) is 2. The Bertz CT molecular complexity index is 534. The Kier molecular flexibility index (Phi) is 4.16. The lowest BCUT2D eigenvalue weighted by Crippen LogP contribution is -2.39. The van der Waals surface area contributed by atoms with Gasteiger partial charge in [0.25, 0.3) is 5.91 Å². The van der Waals surface area contributed by atoms with Crippen LogP contribution in [0.25, 0.3) is 0 Å². The Morgan fingerprint density at radius 3 is 2.62 bits per heavy atom. The molecule has 6 heteroatoms. The summed E-state index contributed by atoms with van der Waals surface area (Å²) < 4.78 is 0.626. The third-order valence-corrected chi connectivity index (χ3v) is 3.28. The Morgan fingerprint density at radius 1 is 1.43 bits per heavy atom. The number of aromatic nitrogens is 1. The Morgan fingerprint density at radius 2 is 2.05 bits per heavy atom. The largest absolute Gasteiger partial charge is 0.619 e. The average molecular weight is 291 g/mol. The molecular weight excluding hydrogens is 270 g/mol. The Hall–Kier alpha value is -2.11. The zero-order valence-corrected chi connectivity index (χ0v) is 12.6. The zero-order chi connectivity index (χ0) is 15.6. The van der Waals surface area contributed by atoms with Crippen LogP contribution in [0, 0.1) is 10.6 Å². The quantitative estimate of drug-likeness (QED) is 0.658. The first kappa shape index (κ1) is 15.3. The van der Waals surface area contributed by atoms with E-state index >= 15 is 0 Å². The van der Waals surface area contributed by atoms with E-state index in [-0.39, 0.29) is 23.3 Å². The van der Waals surface area contributed by atoms with Crippen molar-refractivity contribution < 1.29 is 14.3 Å². The molecule has 114 valence electrons. The molecule has 2 rings (SSSR count). The first-order valence-corrected chi connectivity index (χ1v) is 7.02. The van der Waals surface area contributed by atoms with Gasteiger partial charge in [0.1, 0.15) is 0 Å². The fourth-order valence-corrected chi connectivity index (χ4v) is 2.43. The minimum Gasteiger partial charge on any atom is -0.619 e. The van der Waals surface area contributed by atoms with Gasteiger partial charge in [-0.25, -0.2) is 0 Å². The lowest BCUT2D eigenvalue weighted by atomic mass is 9.96. The van der Waals surface area contributed by atoms with Crippen LogP contribution in [0.1, 0.15) is 37.6 Å². The molecule has 1 aromatic heterocycles. The van der Waals surface area contributed by atoms with Gasteiger partial charge in [-0.3, -0.25) is 9.59 Å². The predicted octanol–water partition coefficient (Wildman–Crippen LogP) is 0.697. The molecular formula is C15H21N3O3. The number of carbonyl (C=O) groups excluding carboxylic acids is 2. The van der Waals surface area contributed by atoms with E-state index in [0.29, 0.717) is 29.8 Å². The molecule has 0 aliphatic carbocycles. The highest BCUT2D eigenvalue weighted by Gasteiger charge is 2.32. The van der Waals surface area contributed by atoms with Crippen LogP contribution in [0.4, 0.5) is 0 Å². The van der Waals surface area contributed by atoms with E-state index in [9.17, 15) is 14.8 Å². The number of likely N-dealkylation sites (tertiary alicyclic amines) is 1. The molecule has 1 atom stereocenters. The normalized spacial score (nSPS) is 18.9. The second-order valence-electron chi connectivity index (χ2n) is 6.66. The molecule has 1 aromatic rings. The van der Waals surface area contributed by atoms with E-state index in [1.54, 1.807) is 4.90 Å². The first-order valence-electron chi connectivity index (χ1n) is 7.02. The number of amides is 2. The van der Waals surface area contributed by atoms with Crippen molar-refractivity contribution in [1.29, 1.82) is 0 Å².